The van der Waals surface area contributed by atoms with Crippen molar-refractivity contribution in [3.05, 3.63) is 53.1 Å². The van der Waals surface area contributed by atoms with Crippen molar-refractivity contribution in [2.45, 2.75) is 18.9 Å². The van der Waals surface area contributed by atoms with Crippen LogP contribution in [0.4, 0.5) is 5.69 Å². The van der Waals surface area contributed by atoms with Gasteiger partial charge in [-0.25, -0.2) is 15.0 Å². The number of guanidine groups is 1. The molecule has 0 fully saturated rings. The highest BCUT2D eigenvalue weighted by molar-refractivity contribution is 6.30. The summed E-state index contributed by atoms with van der Waals surface area (Å²) in [6, 6.07) is 7.09. The quantitative estimate of drug-likeness (QED) is 0.852. The van der Waals surface area contributed by atoms with Gasteiger partial charge in [0.2, 0.25) is 11.7 Å². The number of amides is 2. The smallest absolute Gasteiger partial charge is 0.293 e. The summed E-state index contributed by atoms with van der Waals surface area (Å²) in [7, 11) is 1.59. The van der Waals surface area contributed by atoms with E-state index in [1.54, 1.807) is 25.2 Å². The molecule has 0 spiro atoms. The molecule has 0 aliphatic carbocycles. The van der Waals surface area contributed by atoms with E-state index in [1.165, 1.54) is 17.3 Å². The van der Waals surface area contributed by atoms with Crippen LogP contribution in [0.5, 0.6) is 0 Å². The van der Waals surface area contributed by atoms with E-state index >= 15 is 0 Å². The first-order valence-corrected chi connectivity index (χ1v) is 8.17. The maximum atomic E-state index is 12.3. The number of nitrogens with one attached hydrogen (secondary N) is 1. The van der Waals surface area contributed by atoms with E-state index in [0.29, 0.717) is 10.7 Å². The van der Waals surface area contributed by atoms with Crippen molar-refractivity contribution >= 4 is 35.1 Å². The Labute approximate surface area is 155 Å². The second kappa shape index (κ2) is 6.72. The minimum atomic E-state index is -0.800. The van der Waals surface area contributed by atoms with Crippen LogP contribution < -0.4 is 11.1 Å². The molecule has 1 aliphatic heterocycles. The summed E-state index contributed by atoms with van der Waals surface area (Å²) < 4.78 is 0. The van der Waals surface area contributed by atoms with E-state index in [-0.39, 0.29) is 24.1 Å². The molecule has 0 bridgehead atoms. The lowest BCUT2D eigenvalue weighted by molar-refractivity contribution is -0.128. The molecule has 2 amide bonds. The molecule has 8 nitrogen and oxygen atoms in total. The SMILES string of the molecule is CN1C(=O)C[C@@](C)(c2cccc(NC(=O)c3ncc(Cl)cn3)c2)N=C1N. The largest absolute Gasteiger partial charge is 0.369 e. The number of carbonyl (C=O) groups excluding carboxylic acids is 2. The van der Waals surface area contributed by atoms with Gasteiger partial charge in [-0.2, -0.15) is 0 Å². The summed E-state index contributed by atoms with van der Waals surface area (Å²) >= 11 is 5.72. The predicted molar refractivity (Wildman–Crippen MR) is 97.8 cm³/mol. The van der Waals surface area contributed by atoms with E-state index in [1.807, 2.05) is 13.0 Å². The molecule has 2 aromatic rings. The third kappa shape index (κ3) is 3.50. The lowest BCUT2D eigenvalue weighted by atomic mass is 9.87. The lowest BCUT2D eigenvalue weighted by Crippen LogP contribution is -2.47. The molecule has 0 unspecified atom stereocenters. The summed E-state index contributed by atoms with van der Waals surface area (Å²) in [5.41, 5.74) is 6.34. The molecular weight excluding hydrogens is 356 g/mol. The Hall–Kier alpha value is -3.00. The Morgan fingerprint density at radius 1 is 1.35 bits per heavy atom. The van der Waals surface area contributed by atoms with Crippen molar-refractivity contribution in [1.29, 1.82) is 0 Å². The van der Waals surface area contributed by atoms with Crippen molar-refractivity contribution < 1.29 is 9.59 Å². The number of carbonyl (C=O) groups is 2. The highest BCUT2D eigenvalue weighted by Gasteiger charge is 2.36. The number of nitrogens with zero attached hydrogens (tertiary/aromatic N) is 4. The minimum Gasteiger partial charge on any atom is -0.369 e. The molecule has 0 saturated carbocycles. The summed E-state index contributed by atoms with van der Waals surface area (Å²) in [4.78, 5) is 37.9. The zero-order valence-corrected chi connectivity index (χ0v) is 15.0. The van der Waals surface area contributed by atoms with Crippen LogP contribution in [0.3, 0.4) is 0 Å². The Morgan fingerprint density at radius 3 is 2.69 bits per heavy atom. The number of hydrogen-bond acceptors (Lipinski definition) is 6. The van der Waals surface area contributed by atoms with E-state index < -0.39 is 11.4 Å². The molecule has 1 aromatic carbocycles. The van der Waals surface area contributed by atoms with Crippen molar-refractivity contribution in [3.8, 4) is 0 Å². The van der Waals surface area contributed by atoms with Gasteiger partial charge in [-0.15, -0.1) is 0 Å². The van der Waals surface area contributed by atoms with Crippen molar-refractivity contribution in [3.63, 3.8) is 0 Å². The average Bonchev–Trinajstić information content (AvgIpc) is 2.60. The predicted octanol–water partition coefficient (Wildman–Crippen LogP) is 1.77. The fraction of sp³-hybridized carbons (Fsp3) is 0.235. The number of anilines is 1. The van der Waals surface area contributed by atoms with Gasteiger partial charge in [0, 0.05) is 25.1 Å². The first-order chi connectivity index (χ1) is 12.3. The number of hydrogen-bond donors (Lipinski definition) is 2. The standard InChI is InChI=1S/C17H17ClN6O2/c1-17(7-13(25)24(2)16(19)23-17)10-4-3-5-12(6-10)22-15(26)14-20-8-11(18)9-21-14/h3-6,8-9H,7H2,1-2H3,(H2,19,23)(H,22,26)/t17-/m0/s1. The Morgan fingerprint density at radius 2 is 2.04 bits per heavy atom. The molecule has 1 aromatic heterocycles. The highest BCUT2D eigenvalue weighted by atomic mass is 35.5. The number of benzene rings is 1. The number of aliphatic imine (C=N–C) groups is 1. The second-order valence-corrected chi connectivity index (χ2v) is 6.57. The zero-order chi connectivity index (χ0) is 18.9. The molecule has 0 radical (unpaired) electrons. The number of nitrogens with two attached hydrogens (primary N) is 1. The summed E-state index contributed by atoms with van der Waals surface area (Å²) in [6.07, 6.45) is 2.88. The molecule has 9 heteroatoms. The lowest BCUT2D eigenvalue weighted by Gasteiger charge is -2.33. The van der Waals surface area contributed by atoms with E-state index in [9.17, 15) is 9.59 Å². The fourth-order valence-corrected chi connectivity index (χ4v) is 2.72. The van der Waals surface area contributed by atoms with Gasteiger partial charge < -0.3 is 11.1 Å². The molecule has 26 heavy (non-hydrogen) atoms. The van der Waals surface area contributed by atoms with Crippen LogP contribution in [0, 0.1) is 0 Å². The Kier molecular flexibility index (Phi) is 4.60. The van der Waals surface area contributed by atoms with Gasteiger partial charge in [0.1, 0.15) is 0 Å². The normalized spacial score (nSPS) is 19.9. The minimum absolute atomic E-state index is 0.00255. The van der Waals surface area contributed by atoms with E-state index in [0.717, 1.165) is 5.56 Å². The molecule has 1 aliphatic rings. The van der Waals surface area contributed by atoms with E-state index in [2.05, 4.69) is 20.3 Å². The maximum Gasteiger partial charge on any atom is 0.293 e. The van der Waals surface area contributed by atoms with Gasteiger partial charge in [-0.1, -0.05) is 23.7 Å². The third-order valence-corrected chi connectivity index (χ3v) is 4.34. The molecule has 2 heterocycles. The topological polar surface area (TPSA) is 114 Å². The zero-order valence-electron chi connectivity index (χ0n) is 14.2. The van der Waals surface area contributed by atoms with Crippen LogP contribution in [0.15, 0.2) is 41.7 Å². The monoisotopic (exact) mass is 372 g/mol. The van der Waals surface area contributed by atoms with Crippen molar-refractivity contribution in [2.75, 3.05) is 12.4 Å². The van der Waals surface area contributed by atoms with Gasteiger partial charge in [0.25, 0.3) is 5.91 Å². The van der Waals surface area contributed by atoms with Crippen LogP contribution in [0.25, 0.3) is 0 Å². The third-order valence-electron chi connectivity index (χ3n) is 4.14. The average molecular weight is 373 g/mol. The summed E-state index contributed by atoms with van der Waals surface area (Å²) in [5.74, 6) is -0.425. The van der Waals surface area contributed by atoms with E-state index in [4.69, 9.17) is 17.3 Å². The van der Waals surface area contributed by atoms with Crippen molar-refractivity contribution in [1.82, 2.24) is 14.9 Å². The van der Waals surface area contributed by atoms with Crippen LogP contribution in [0.2, 0.25) is 5.02 Å². The maximum absolute atomic E-state index is 12.3. The van der Waals surface area contributed by atoms with Crippen molar-refractivity contribution in [2.24, 2.45) is 10.7 Å². The summed E-state index contributed by atoms with van der Waals surface area (Å²) in [6.45, 7) is 1.83. The molecule has 3 rings (SSSR count). The van der Waals surface area contributed by atoms with Gasteiger partial charge >= 0.3 is 0 Å². The summed E-state index contributed by atoms with van der Waals surface area (Å²) in [5, 5.41) is 3.07. The van der Waals surface area contributed by atoms with Crippen LogP contribution in [0.1, 0.15) is 29.5 Å². The first kappa shape index (κ1) is 17.8. The van der Waals surface area contributed by atoms with Gasteiger partial charge in [0.05, 0.1) is 17.0 Å². The van der Waals surface area contributed by atoms with Gasteiger partial charge in [0.15, 0.2) is 5.96 Å². The molecule has 3 N–H and O–H groups in total. The second-order valence-electron chi connectivity index (χ2n) is 6.13. The van der Waals surface area contributed by atoms with Crippen LogP contribution in [-0.2, 0) is 10.3 Å². The Balaban J connectivity index is 1.85. The number of halogens is 1. The number of rotatable bonds is 3. The van der Waals surface area contributed by atoms with Crippen LogP contribution in [-0.4, -0.2) is 39.7 Å². The molecule has 0 saturated heterocycles. The van der Waals surface area contributed by atoms with Crippen LogP contribution >= 0.6 is 11.6 Å². The highest BCUT2D eigenvalue weighted by Crippen LogP contribution is 2.34. The fourth-order valence-electron chi connectivity index (χ4n) is 2.62. The number of aromatic nitrogens is 2. The first-order valence-electron chi connectivity index (χ1n) is 7.80. The van der Waals surface area contributed by atoms with Gasteiger partial charge in [-0.05, 0) is 24.6 Å². The molecular formula is C17H17ClN6O2. The Bertz CT molecular complexity index is 898. The molecule has 1 atom stereocenters. The molecule has 134 valence electrons. The van der Waals surface area contributed by atoms with Gasteiger partial charge in [-0.3, -0.25) is 14.5 Å².